The number of aromatic hydroxyl groups is 3. The number of carbonyl (C=O) groups is 2. The van der Waals surface area contributed by atoms with Crippen molar-refractivity contribution in [3.05, 3.63) is 119 Å². The Morgan fingerprint density at radius 3 is 1.98 bits per heavy atom. The fourth-order valence-corrected chi connectivity index (χ4v) is 5.31. The molecule has 4 aromatic carbocycles. The van der Waals surface area contributed by atoms with Crippen LogP contribution in [0.1, 0.15) is 39.8 Å². The van der Waals surface area contributed by atoms with Gasteiger partial charge in [0.25, 0.3) is 0 Å². The molecular formula is C39H36O11. The van der Waals surface area contributed by atoms with E-state index in [1.165, 1.54) is 57.7 Å². The molecule has 2 unspecified atom stereocenters. The van der Waals surface area contributed by atoms with E-state index in [0.717, 1.165) is 16.7 Å². The third-order valence-electron chi connectivity index (χ3n) is 7.83. The van der Waals surface area contributed by atoms with Crippen molar-refractivity contribution >= 4 is 30.2 Å². The molecule has 0 radical (unpaired) electrons. The summed E-state index contributed by atoms with van der Waals surface area (Å²) in [5.74, 6) is -0.0977. The predicted octanol–water partition coefficient (Wildman–Crippen LogP) is 6.57. The SMILES string of the molecule is COc1cc(C=CC(=O)OCC2c3cc(C=CCOC(=O)C=Cc4ccc(O)cc4)cc(OC)c3OC2c2ccc(O)c(OC)c2)ccc1O. The summed E-state index contributed by atoms with van der Waals surface area (Å²) in [5.41, 5.74) is 3.48. The second-order valence-electron chi connectivity index (χ2n) is 11.1. The molecule has 0 aromatic heterocycles. The number of phenolic OH excluding ortho intramolecular Hbond substituents is 3. The van der Waals surface area contributed by atoms with Gasteiger partial charge >= 0.3 is 11.9 Å². The number of hydrogen-bond acceptors (Lipinski definition) is 11. The molecule has 1 aliphatic rings. The van der Waals surface area contributed by atoms with E-state index in [9.17, 15) is 24.9 Å². The standard InChI is InChI=1S/C39H36O11/c1-45-33-20-25(8-14-31(33)41)10-17-37(44)49-23-30-29-19-26(5-4-18-48-36(43)16-9-24-6-12-28(40)13-7-24)21-35(47-3)39(29)50-38(30)27-11-15-32(42)34(22-27)46-2/h4-17,19-22,30,38,40-42H,18,23H2,1-3H3. The Hall–Kier alpha value is -6.36. The van der Waals surface area contributed by atoms with Crippen molar-refractivity contribution < 1.29 is 53.3 Å². The number of benzene rings is 4. The molecule has 0 saturated heterocycles. The first kappa shape index (κ1) is 35.0. The number of carbonyl (C=O) groups excluding carboxylic acids is 2. The predicted molar refractivity (Wildman–Crippen MR) is 186 cm³/mol. The number of esters is 2. The van der Waals surface area contributed by atoms with Crippen molar-refractivity contribution in [2.45, 2.75) is 12.0 Å². The Labute approximate surface area is 288 Å². The van der Waals surface area contributed by atoms with Crippen LogP contribution < -0.4 is 18.9 Å². The minimum absolute atomic E-state index is 0.00482. The van der Waals surface area contributed by atoms with Crippen molar-refractivity contribution in [1.29, 1.82) is 0 Å². The van der Waals surface area contributed by atoms with Crippen molar-refractivity contribution in [2.24, 2.45) is 0 Å². The van der Waals surface area contributed by atoms with Crippen molar-refractivity contribution in [3.63, 3.8) is 0 Å². The summed E-state index contributed by atoms with van der Waals surface area (Å²) in [5, 5.41) is 29.5. The molecule has 4 aromatic rings. The first-order valence-corrected chi connectivity index (χ1v) is 15.5. The normalized spacial score (nSPS) is 15.2. The molecule has 11 heteroatoms. The summed E-state index contributed by atoms with van der Waals surface area (Å²) >= 11 is 0. The zero-order valence-corrected chi connectivity index (χ0v) is 27.6. The van der Waals surface area contributed by atoms with E-state index in [-0.39, 0.29) is 42.0 Å². The van der Waals surface area contributed by atoms with Gasteiger partial charge in [-0.05, 0) is 89.0 Å². The summed E-state index contributed by atoms with van der Waals surface area (Å²) in [6, 6.07) is 19.6. The van der Waals surface area contributed by atoms with Crippen LogP contribution >= 0.6 is 0 Å². The average Bonchev–Trinajstić information content (AvgIpc) is 3.50. The number of ether oxygens (including phenoxy) is 6. The molecular weight excluding hydrogens is 644 g/mol. The lowest BCUT2D eigenvalue weighted by molar-refractivity contribution is -0.139. The highest BCUT2D eigenvalue weighted by atomic mass is 16.5. The molecule has 1 heterocycles. The Morgan fingerprint density at radius 1 is 0.680 bits per heavy atom. The minimum atomic E-state index is -0.632. The van der Waals surface area contributed by atoms with Crippen molar-refractivity contribution in [3.8, 4) is 40.2 Å². The van der Waals surface area contributed by atoms with Crippen molar-refractivity contribution in [2.75, 3.05) is 34.5 Å². The quantitative estimate of drug-likeness (QED) is 0.104. The number of hydrogen-bond donors (Lipinski definition) is 3. The first-order valence-electron chi connectivity index (χ1n) is 15.5. The lowest BCUT2D eigenvalue weighted by atomic mass is 9.90. The van der Waals surface area contributed by atoms with E-state index >= 15 is 0 Å². The van der Waals surface area contributed by atoms with Crippen LogP contribution in [0.3, 0.4) is 0 Å². The van der Waals surface area contributed by atoms with Gasteiger partial charge in [-0.3, -0.25) is 0 Å². The monoisotopic (exact) mass is 680 g/mol. The van der Waals surface area contributed by atoms with Crippen LogP contribution in [0.2, 0.25) is 0 Å². The second kappa shape index (κ2) is 16.2. The number of phenols is 3. The highest BCUT2D eigenvalue weighted by molar-refractivity contribution is 5.87. The van der Waals surface area contributed by atoms with Crippen LogP contribution in [-0.4, -0.2) is 61.8 Å². The molecule has 5 rings (SSSR count). The molecule has 0 fully saturated rings. The molecule has 0 bridgehead atoms. The molecule has 0 aliphatic carbocycles. The summed E-state index contributed by atoms with van der Waals surface area (Å²) < 4.78 is 33.6. The van der Waals surface area contributed by atoms with Gasteiger partial charge in [0.2, 0.25) is 0 Å². The van der Waals surface area contributed by atoms with Gasteiger partial charge < -0.3 is 43.7 Å². The molecule has 1 aliphatic heterocycles. The van der Waals surface area contributed by atoms with Crippen LogP contribution in [0.4, 0.5) is 0 Å². The fourth-order valence-electron chi connectivity index (χ4n) is 5.31. The Kier molecular flexibility index (Phi) is 11.3. The Bertz CT molecular complexity index is 1930. The zero-order chi connectivity index (χ0) is 35.6. The highest BCUT2D eigenvalue weighted by Gasteiger charge is 2.39. The smallest absolute Gasteiger partial charge is 0.331 e. The third-order valence-corrected chi connectivity index (χ3v) is 7.83. The van der Waals surface area contributed by atoms with E-state index in [1.54, 1.807) is 66.8 Å². The van der Waals surface area contributed by atoms with Crippen LogP contribution in [0, 0.1) is 0 Å². The van der Waals surface area contributed by atoms with Gasteiger partial charge in [-0.1, -0.05) is 30.3 Å². The largest absolute Gasteiger partial charge is 0.508 e. The third kappa shape index (κ3) is 8.56. The Balaban J connectivity index is 1.34. The summed E-state index contributed by atoms with van der Waals surface area (Å²) in [4.78, 5) is 25.1. The van der Waals surface area contributed by atoms with E-state index in [2.05, 4.69) is 0 Å². The van der Waals surface area contributed by atoms with Crippen LogP contribution in [0.15, 0.2) is 91.0 Å². The van der Waals surface area contributed by atoms with Gasteiger partial charge in [0.15, 0.2) is 34.5 Å². The van der Waals surface area contributed by atoms with E-state index in [0.29, 0.717) is 22.6 Å². The lowest BCUT2D eigenvalue weighted by Crippen LogP contribution is -2.17. The van der Waals surface area contributed by atoms with Gasteiger partial charge in [-0.25, -0.2) is 9.59 Å². The van der Waals surface area contributed by atoms with Gasteiger partial charge in [0.05, 0.1) is 27.2 Å². The molecule has 50 heavy (non-hydrogen) atoms. The maximum Gasteiger partial charge on any atom is 0.331 e. The molecule has 2 atom stereocenters. The van der Waals surface area contributed by atoms with Gasteiger partial charge in [-0.2, -0.15) is 0 Å². The van der Waals surface area contributed by atoms with E-state index in [4.69, 9.17) is 28.4 Å². The highest BCUT2D eigenvalue weighted by Crippen LogP contribution is 2.52. The molecule has 0 saturated carbocycles. The average molecular weight is 681 g/mol. The van der Waals surface area contributed by atoms with Crippen molar-refractivity contribution in [1.82, 2.24) is 0 Å². The fraction of sp³-hybridized carbons (Fsp3) is 0.179. The van der Waals surface area contributed by atoms with Crippen LogP contribution in [0.5, 0.6) is 40.2 Å². The van der Waals surface area contributed by atoms with Gasteiger partial charge in [0, 0.05) is 17.7 Å². The lowest BCUT2D eigenvalue weighted by Gasteiger charge is -2.20. The minimum Gasteiger partial charge on any atom is -0.508 e. The molecule has 258 valence electrons. The Morgan fingerprint density at radius 2 is 1.28 bits per heavy atom. The molecule has 0 amide bonds. The van der Waals surface area contributed by atoms with Gasteiger partial charge in [-0.15, -0.1) is 0 Å². The summed E-state index contributed by atoms with van der Waals surface area (Å²) in [6.45, 7) is -0.0604. The summed E-state index contributed by atoms with van der Waals surface area (Å²) in [6.07, 6.45) is 8.54. The van der Waals surface area contributed by atoms with E-state index in [1.807, 2.05) is 6.07 Å². The van der Waals surface area contributed by atoms with Gasteiger partial charge in [0.1, 0.15) is 25.1 Å². The number of rotatable bonds is 13. The maximum absolute atomic E-state index is 12.9. The van der Waals surface area contributed by atoms with Crippen LogP contribution in [0.25, 0.3) is 18.2 Å². The first-order chi connectivity index (χ1) is 24.2. The molecule has 0 spiro atoms. The second-order valence-corrected chi connectivity index (χ2v) is 11.1. The molecule has 11 nitrogen and oxygen atoms in total. The number of fused-ring (bicyclic) bond motifs is 1. The zero-order valence-electron chi connectivity index (χ0n) is 27.6. The molecule has 3 N–H and O–H groups in total. The number of methoxy groups -OCH3 is 3. The topological polar surface area (TPSA) is 150 Å². The van der Waals surface area contributed by atoms with Crippen LogP contribution in [-0.2, 0) is 19.1 Å². The van der Waals surface area contributed by atoms with E-state index < -0.39 is 24.0 Å². The maximum atomic E-state index is 12.9. The summed E-state index contributed by atoms with van der Waals surface area (Å²) in [7, 11) is 4.40.